The Bertz CT molecular complexity index is 799. The lowest BCUT2D eigenvalue weighted by Gasteiger charge is -2.23. The predicted octanol–water partition coefficient (Wildman–Crippen LogP) is 3.07. The zero-order valence-corrected chi connectivity index (χ0v) is 15.4. The number of amides is 2. The van der Waals surface area contributed by atoms with Crippen LogP contribution in [0.15, 0.2) is 48.5 Å². The van der Waals surface area contributed by atoms with Crippen LogP contribution in [0.5, 0.6) is 5.75 Å². The van der Waals surface area contributed by atoms with E-state index in [1.807, 2.05) is 62.4 Å². The fraction of sp³-hybridized carbons (Fsp3) is 0.333. The van der Waals surface area contributed by atoms with Gasteiger partial charge in [0.25, 0.3) is 0 Å². The second-order valence-corrected chi connectivity index (χ2v) is 6.77. The van der Waals surface area contributed by atoms with Crippen molar-refractivity contribution in [3.8, 4) is 5.75 Å². The largest absolute Gasteiger partial charge is 0.491 e. The lowest BCUT2D eigenvalue weighted by Crippen LogP contribution is -2.47. The average Bonchev–Trinajstić information content (AvgIpc) is 3.00. The van der Waals surface area contributed by atoms with Crippen LogP contribution in [0, 0.1) is 0 Å². The molecule has 0 bridgehead atoms. The van der Waals surface area contributed by atoms with Crippen LogP contribution in [0.2, 0.25) is 0 Å². The molecule has 136 valence electrons. The number of ether oxygens (including phenoxy) is 1. The molecule has 1 unspecified atom stereocenters. The quantitative estimate of drug-likeness (QED) is 0.900. The minimum atomic E-state index is -0.492. The fourth-order valence-electron chi connectivity index (χ4n) is 3.25. The van der Waals surface area contributed by atoms with Crippen molar-refractivity contribution in [3.63, 3.8) is 0 Å². The molecule has 3 rings (SSSR count). The maximum absolute atomic E-state index is 12.7. The van der Waals surface area contributed by atoms with Crippen LogP contribution in [0.4, 0.5) is 5.69 Å². The van der Waals surface area contributed by atoms with Gasteiger partial charge in [-0.3, -0.25) is 14.5 Å². The average molecular weight is 352 g/mol. The Morgan fingerprint density at radius 1 is 1.15 bits per heavy atom. The zero-order chi connectivity index (χ0) is 18.7. The summed E-state index contributed by atoms with van der Waals surface area (Å²) in [6, 6.07) is 14.8. The van der Waals surface area contributed by atoms with E-state index in [2.05, 4.69) is 5.32 Å². The molecule has 0 radical (unpaired) electrons. The lowest BCUT2D eigenvalue weighted by molar-refractivity contribution is -0.125. The van der Waals surface area contributed by atoms with E-state index in [1.165, 1.54) is 6.92 Å². The molecule has 5 heteroatoms. The van der Waals surface area contributed by atoms with Gasteiger partial charge in [-0.2, -0.15) is 0 Å². The topological polar surface area (TPSA) is 58.6 Å². The molecule has 5 nitrogen and oxygen atoms in total. The number of carbonyl (C=O) groups is 2. The molecule has 2 aromatic carbocycles. The first-order valence-corrected chi connectivity index (χ1v) is 8.86. The Morgan fingerprint density at radius 2 is 1.85 bits per heavy atom. The molecular weight excluding hydrogens is 328 g/mol. The van der Waals surface area contributed by atoms with Gasteiger partial charge in [0.1, 0.15) is 11.8 Å². The van der Waals surface area contributed by atoms with E-state index in [0.29, 0.717) is 13.0 Å². The van der Waals surface area contributed by atoms with Gasteiger partial charge in [0.05, 0.1) is 6.10 Å². The number of benzene rings is 2. The van der Waals surface area contributed by atoms with Gasteiger partial charge < -0.3 is 10.1 Å². The Balaban J connectivity index is 1.64. The second-order valence-electron chi connectivity index (χ2n) is 6.77. The number of anilines is 1. The first kappa shape index (κ1) is 18.0. The van der Waals surface area contributed by atoms with E-state index in [-0.39, 0.29) is 17.9 Å². The molecule has 1 atom stereocenters. The molecule has 0 saturated heterocycles. The van der Waals surface area contributed by atoms with Crippen LogP contribution in [-0.2, 0) is 22.6 Å². The third kappa shape index (κ3) is 3.87. The maximum atomic E-state index is 12.7. The predicted molar refractivity (Wildman–Crippen MR) is 101 cm³/mol. The molecule has 0 aromatic heterocycles. The smallest absolute Gasteiger partial charge is 0.243 e. The molecule has 0 fully saturated rings. The summed E-state index contributed by atoms with van der Waals surface area (Å²) in [5.41, 5.74) is 2.84. The van der Waals surface area contributed by atoms with Gasteiger partial charge in [-0.15, -0.1) is 0 Å². The molecule has 26 heavy (non-hydrogen) atoms. The highest BCUT2D eigenvalue weighted by Gasteiger charge is 2.36. The number of fused-ring (bicyclic) bond motifs is 1. The van der Waals surface area contributed by atoms with Crippen molar-refractivity contribution in [1.29, 1.82) is 0 Å². The van der Waals surface area contributed by atoms with Gasteiger partial charge in [0.2, 0.25) is 11.8 Å². The monoisotopic (exact) mass is 352 g/mol. The fourth-order valence-corrected chi connectivity index (χ4v) is 3.25. The maximum Gasteiger partial charge on any atom is 0.243 e. The SMILES string of the molecule is CC(=O)N1c2ccccc2CC1C(=O)NCc1ccc(OC(C)C)cc1. The normalized spacial score (nSPS) is 15.7. The summed E-state index contributed by atoms with van der Waals surface area (Å²) >= 11 is 0. The second kappa shape index (κ2) is 7.60. The van der Waals surface area contributed by atoms with Gasteiger partial charge in [-0.05, 0) is 43.2 Å². The van der Waals surface area contributed by atoms with Gasteiger partial charge in [-0.25, -0.2) is 0 Å². The number of hydrogen-bond acceptors (Lipinski definition) is 3. The van der Waals surface area contributed by atoms with Crippen LogP contribution in [0.25, 0.3) is 0 Å². The van der Waals surface area contributed by atoms with Crippen LogP contribution < -0.4 is 15.0 Å². The Morgan fingerprint density at radius 3 is 2.50 bits per heavy atom. The molecule has 1 aliphatic heterocycles. The van der Waals surface area contributed by atoms with Gasteiger partial charge in [-0.1, -0.05) is 30.3 Å². The summed E-state index contributed by atoms with van der Waals surface area (Å²) in [5, 5.41) is 2.95. The minimum Gasteiger partial charge on any atom is -0.491 e. The highest BCUT2D eigenvalue weighted by atomic mass is 16.5. The molecule has 1 heterocycles. The minimum absolute atomic E-state index is 0.120. The van der Waals surface area contributed by atoms with Crippen molar-refractivity contribution in [2.24, 2.45) is 0 Å². The third-order valence-corrected chi connectivity index (χ3v) is 4.38. The van der Waals surface area contributed by atoms with E-state index in [4.69, 9.17) is 4.74 Å². The molecule has 2 amide bonds. The molecule has 1 aliphatic rings. The van der Waals surface area contributed by atoms with Crippen molar-refractivity contribution in [2.75, 3.05) is 4.90 Å². The summed E-state index contributed by atoms with van der Waals surface area (Å²) in [6.07, 6.45) is 0.671. The van der Waals surface area contributed by atoms with Crippen LogP contribution >= 0.6 is 0 Å². The highest BCUT2D eigenvalue weighted by molar-refractivity contribution is 6.02. The van der Waals surface area contributed by atoms with Crippen molar-refractivity contribution in [2.45, 2.75) is 45.9 Å². The van der Waals surface area contributed by atoms with E-state index >= 15 is 0 Å². The van der Waals surface area contributed by atoms with Crippen LogP contribution in [0.3, 0.4) is 0 Å². The molecule has 0 spiro atoms. The van der Waals surface area contributed by atoms with Crippen molar-refractivity contribution in [3.05, 3.63) is 59.7 Å². The van der Waals surface area contributed by atoms with Crippen molar-refractivity contribution in [1.82, 2.24) is 5.32 Å². The van der Waals surface area contributed by atoms with Crippen molar-refractivity contribution < 1.29 is 14.3 Å². The molecule has 0 saturated carbocycles. The third-order valence-electron chi connectivity index (χ3n) is 4.38. The Kier molecular flexibility index (Phi) is 5.26. The van der Waals surface area contributed by atoms with Gasteiger partial charge in [0, 0.05) is 25.6 Å². The summed E-state index contributed by atoms with van der Waals surface area (Å²) in [5.74, 6) is 0.549. The zero-order valence-electron chi connectivity index (χ0n) is 15.4. The molecular formula is C21H24N2O3. The van der Waals surface area contributed by atoms with Gasteiger partial charge in [0.15, 0.2) is 0 Å². The standard InChI is InChI=1S/C21H24N2O3/c1-14(2)26-18-10-8-16(9-11-18)13-22-21(25)20-12-17-6-4-5-7-19(17)23(20)15(3)24/h4-11,14,20H,12-13H2,1-3H3,(H,22,25). The summed E-state index contributed by atoms with van der Waals surface area (Å²) in [7, 11) is 0. The number of rotatable bonds is 5. The summed E-state index contributed by atoms with van der Waals surface area (Å²) < 4.78 is 5.62. The number of hydrogen-bond donors (Lipinski definition) is 1. The van der Waals surface area contributed by atoms with E-state index < -0.39 is 6.04 Å². The number of nitrogens with one attached hydrogen (secondary N) is 1. The number of carbonyl (C=O) groups excluding carboxylic acids is 2. The van der Waals surface area contributed by atoms with E-state index in [9.17, 15) is 9.59 Å². The van der Waals surface area contributed by atoms with Crippen molar-refractivity contribution >= 4 is 17.5 Å². The van der Waals surface area contributed by atoms with E-state index in [1.54, 1.807) is 4.90 Å². The number of para-hydroxylation sites is 1. The first-order valence-electron chi connectivity index (χ1n) is 8.86. The van der Waals surface area contributed by atoms with Gasteiger partial charge >= 0.3 is 0 Å². The molecule has 0 aliphatic carbocycles. The molecule has 2 aromatic rings. The van der Waals surface area contributed by atoms with Crippen LogP contribution in [0.1, 0.15) is 31.9 Å². The summed E-state index contributed by atoms with van der Waals surface area (Å²) in [6.45, 7) is 5.87. The Labute approximate surface area is 154 Å². The Hall–Kier alpha value is -2.82. The first-order chi connectivity index (χ1) is 12.5. The lowest BCUT2D eigenvalue weighted by atomic mass is 10.1. The van der Waals surface area contributed by atoms with E-state index in [0.717, 1.165) is 22.6 Å². The highest BCUT2D eigenvalue weighted by Crippen LogP contribution is 2.32. The molecule has 1 N–H and O–H groups in total. The number of nitrogens with zero attached hydrogens (tertiary/aromatic N) is 1. The summed E-state index contributed by atoms with van der Waals surface area (Å²) in [4.78, 5) is 26.3. The van der Waals surface area contributed by atoms with Crippen LogP contribution in [-0.4, -0.2) is 24.0 Å².